The van der Waals surface area contributed by atoms with Crippen molar-refractivity contribution in [1.82, 2.24) is 0 Å². The van der Waals surface area contributed by atoms with Gasteiger partial charge in [0, 0.05) is 25.3 Å². The molecule has 0 radical (unpaired) electrons. The van der Waals surface area contributed by atoms with Crippen LogP contribution in [0.3, 0.4) is 0 Å². The van der Waals surface area contributed by atoms with Crippen LogP contribution >= 0.6 is 0 Å². The first-order chi connectivity index (χ1) is 13.1. The summed E-state index contributed by atoms with van der Waals surface area (Å²) in [6, 6.07) is 4.18. The van der Waals surface area contributed by atoms with Crippen molar-refractivity contribution in [3.05, 3.63) is 23.3 Å². The van der Waals surface area contributed by atoms with Crippen molar-refractivity contribution in [2.45, 2.75) is 39.5 Å². The van der Waals surface area contributed by atoms with Crippen molar-refractivity contribution >= 4 is 31.9 Å². The van der Waals surface area contributed by atoms with E-state index in [0.717, 1.165) is 6.04 Å². The lowest BCUT2D eigenvalue weighted by Gasteiger charge is -2.17. The quantitative estimate of drug-likeness (QED) is 0.366. The average Bonchev–Trinajstić information content (AvgIpc) is 2.61. The number of esters is 1. The summed E-state index contributed by atoms with van der Waals surface area (Å²) in [6.07, 6.45) is 1.06. The highest BCUT2D eigenvalue weighted by atomic mass is 28.3. The molecule has 0 unspecified atom stereocenters. The molecule has 0 spiro atoms. The average molecular weight is 410 g/mol. The van der Waals surface area contributed by atoms with Crippen LogP contribution in [0.5, 0.6) is 11.5 Å². The third kappa shape index (κ3) is 7.64. The lowest BCUT2D eigenvalue weighted by Crippen LogP contribution is -2.24. The van der Waals surface area contributed by atoms with Crippen LogP contribution < -0.4 is 14.8 Å². The summed E-state index contributed by atoms with van der Waals surface area (Å²) < 4.78 is 20.9. The fourth-order valence-corrected chi connectivity index (χ4v) is 2.97. The predicted molar refractivity (Wildman–Crippen MR) is 113 cm³/mol. The van der Waals surface area contributed by atoms with Gasteiger partial charge in [0.15, 0.2) is 11.5 Å². The first-order valence-corrected chi connectivity index (χ1v) is 12.9. The minimum absolute atomic E-state index is 0.282. The fraction of sp³-hybridized carbons (Fsp3) is 0.500. The van der Waals surface area contributed by atoms with E-state index in [1.54, 1.807) is 32.1 Å². The van der Waals surface area contributed by atoms with Gasteiger partial charge in [-0.05, 0) is 32.0 Å². The third-order valence-corrected chi connectivity index (χ3v) is 5.55. The molecule has 0 aromatic heterocycles. The van der Waals surface area contributed by atoms with Gasteiger partial charge in [0.1, 0.15) is 0 Å². The third-order valence-electron chi connectivity index (χ3n) is 3.85. The molecule has 1 rings (SSSR count). The van der Waals surface area contributed by atoms with Gasteiger partial charge in [-0.15, -0.1) is 0 Å². The summed E-state index contributed by atoms with van der Waals surface area (Å²) in [5, 5.41) is 2.72. The molecule has 0 aliphatic rings. The standard InChI is InChI=1S/C20H31NO6Si/c1-8-26-19(22)14(2)11-15-12-17(24-3)18(25-4)13-16(15)21-20(23)27-9-10-28(5,6)7/h11-13H,8-10H2,1-7H3,(H,21,23)/b14-11+. The number of hydrogen-bond donors (Lipinski definition) is 1. The molecule has 0 aliphatic carbocycles. The summed E-state index contributed by atoms with van der Waals surface area (Å²) in [6.45, 7) is 10.7. The normalized spacial score (nSPS) is 11.6. The molecule has 156 valence electrons. The highest BCUT2D eigenvalue weighted by Crippen LogP contribution is 2.34. The van der Waals surface area contributed by atoms with E-state index in [1.165, 1.54) is 14.2 Å². The molecular formula is C20H31NO6Si. The number of carbonyl (C=O) groups is 2. The number of hydrogen-bond acceptors (Lipinski definition) is 6. The van der Waals surface area contributed by atoms with Gasteiger partial charge >= 0.3 is 12.1 Å². The van der Waals surface area contributed by atoms with Crippen LogP contribution in [0.15, 0.2) is 17.7 Å². The minimum Gasteiger partial charge on any atom is -0.493 e. The number of carbonyl (C=O) groups excluding carboxylic acids is 2. The van der Waals surface area contributed by atoms with Crippen LogP contribution in [0.1, 0.15) is 19.4 Å². The Bertz CT molecular complexity index is 724. The maximum atomic E-state index is 12.2. The molecule has 1 aromatic rings. The molecule has 0 saturated heterocycles. The first kappa shape index (κ1) is 23.6. The molecule has 0 fully saturated rings. The Morgan fingerprint density at radius 1 is 1.07 bits per heavy atom. The molecule has 1 N–H and O–H groups in total. The molecular weight excluding hydrogens is 378 g/mol. The molecule has 0 atom stereocenters. The second kappa shape index (κ2) is 10.7. The summed E-state index contributed by atoms with van der Waals surface area (Å²) >= 11 is 0. The van der Waals surface area contributed by atoms with Crippen molar-refractivity contribution < 1.29 is 28.5 Å². The summed E-state index contributed by atoms with van der Waals surface area (Å²) in [4.78, 5) is 24.2. The maximum absolute atomic E-state index is 12.2. The van der Waals surface area contributed by atoms with Crippen LogP contribution in [0.2, 0.25) is 25.7 Å². The van der Waals surface area contributed by atoms with Gasteiger partial charge in [0.2, 0.25) is 0 Å². The number of ether oxygens (including phenoxy) is 4. The number of rotatable bonds is 9. The molecule has 1 amide bonds. The van der Waals surface area contributed by atoms with Crippen LogP contribution in [0.25, 0.3) is 6.08 Å². The van der Waals surface area contributed by atoms with E-state index in [-0.39, 0.29) is 6.61 Å². The number of nitrogens with one attached hydrogen (secondary N) is 1. The van der Waals surface area contributed by atoms with Gasteiger partial charge in [-0.25, -0.2) is 9.59 Å². The molecule has 8 heteroatoms. The zero-order valence-electron chi connectivity index (χ0n) is 17.8. The Labute approximate surface area is 168 Å². The highest BCUT2D eigenvalue weighted by Gasteiger charge is 2.17. The van der Waals surface area contributed by atoms with Crippen molar-refractivity contribution in [3.8, 4) is 11.5 Å². The Balaban J connectivity index is 3.12. The van der Waals surface area contributed by atoms with E-state index in [0.29, 0.717) is 34.9 Å². The Kier molecular flexibility index (Phi) is 9.04. The zero-order chi connectivity index (χ0) is 21.3. The maximum Gasteiger partial charge on any atom is 0.411 e. The second-order valence-corrected chi connectivity index (χ2v) is 13.0. The van der Waals surface area contributed by atoms with Gasteiger partial charge in [-0.1, -0.05) is 19.6 Å². The molecule has 0 aliphatic heterocycles. The van der Waals surface area contributed by atoms with Crippen molar-refractivity contribution in [3.63, 3.8) is 0 Å². The lowest BCUT2D eigenvalue weighted by atomic mass is 10.1. The van der Waals surface area contributed by atoms with E-state index in [9.17, 15) is 9.59 Å². The van der Waals surface area contributed by atoms with Crippen LogP contribution in [0, 0.1) is 0 Å². The van der Waals surface area contributed by atoms with Crippen LogP contribution in [0.4, 0.5) is 10.5 Å². The summed E-state index contributed by atoms with van der Waals surface area (Å²) in [5.41, 5.74) is 1.41. The number of anilines is 1. The Morgan fingerprint density at radius 2 is 1.68 bits per heavy atom. The van der Waals surface area contributed by atoms with Crippen LogP contribution in [-0.2, 0) is 14.3 Å². The number of methoxy groups -OCH3 is 2. The number of benzene rings is 1. The monoisotopic (exact) mass is 409 g/mol. The minimum atomic E-state index is -1.30. The molecule has 0 heterocycles. The van der Waals surface area contributed by atoms with Crippen molar-refractivity contribution in [2.24, 2.45) is 0 Å². The van der Waals surface area contributed by atoms with Gasteiger partial charge in [-0.2, -0.15) is 0 Å². The molecule has 0 bridgehead atoms. The second-order valence-electron chi connectivity index (χ2n) is 7.41. The van der Waals surface area contributed by atoms with Crippen molar-refractivity contribution in [2.75, 3.05) is 32.8 Å². The Hall–Kier alpha value is -2.48. The van der Waals surface area contributed by atoms with Gasteiger partial charge in [-0.3, -0.25) is 5.32 Å². The van der Waals surface area contributed by atoms with E-state index >= 15 is 0 Å². The Morgan fingerprint density at radius 3 is 2.21 bits per heavy atom. The summed E-state index contributed by atoms with van der Waals surface area (Å²) in [7, 11) is 1.72. The van der Waals surface area contributed by atoms with Crippen molar-refractivity contribution in [1.29, 1.82) is 0 Å². The van der Waals surface area contributed by atoms with E-state index in [4.69, 9.17) is 18.9 Å². The van der Waals surface area contributed by atoms with Gasteiger partial charge in [0.25, 0.3) is 0 Å². The van der Waals surface area contributed by atoms with Gasteiger partial charge < -0.3 is 18.9 Å². The number of amides is 1. The van der Waals surface area contributed by atoms with Crippen LogP contribution in [-0.4, -0.2) is 47.6 Å². The van der Waals surface area contributed by atoms with E-state index < -0.39 is 20.1 Å². The fourth-order valence-electron chi connectivity index (χ4n) is 2.26. The van der Waals surface area contributed by atoms with Gasteiger partial charge in [0.05, 0.1) is 33.1 Å². The first-order valence-electron chi connectivity index (χ1n) is 9.16. The molecule has 0 saturated carbocycles. The highest BCUT2D eigenvalue weighted by molar-refractivity contribution is 6.76. The SMILES string of the molecule is CCOC(=O)/C(C)=C/c1cc(OC)c(OC)cc1NC(=O)OCC[Si](C)(C)C. The molecule has 7 nitrogen and oxygen atoms in total. The van der Waals surface area contributed by atoms with E-state index in [2.05, 4.69) is 25.0 Å². The lowest BCUT2D eigenvalue weighted by molar-refractivity contribution is -0.138. The summed E-state index contributed by atoms with van der Waals surface area (Å²) in [5.74, 6) is 0.495. The smallest absolute Gasteiger partial charge is 0.411 e. The zero-order valence-corrected chi connectivity index (χ0v) is 18.8. The largest absolute Gasteiger partial charge is 0.493 e. The molecule has 28 heavy (non-hydrogen) atoms. The molecule has 1 aromatic carbocycles. The van der Waals surface area contributed by atoms with E-state index in [1.807, 2.05) is 0 Å². The topological polar surface area (TPSA) is 83.1 Å². The predicted octanol–water partition coefficient (Wildman–Crippen LogP) is 4.56.